The van der Waals surface area contributed by atoms with E-state index in [9.17, 15) is 14.4 Å². The molecule has 0 spiro atoms. The first kappa shape index (κ1) is 22.8. The third-order valence-electron chi connectivity index (χ3n) is 4.36. The minimum Gasteiger partial charge on any atom is -0.465 e. The lowest BCUT2D eigenvalue weighted by atomic mass is 10.1. The number of H-pyrrole nitrogens is 1. The molecular formula is C20H23Cl2N3O4. The second-order valence-electron chi connectivity index (χ2n) is 6.52. The topological polar surface area (TPSA) is 91.5 Å². The van der Waals surface area contributed by atoms with Gasteiger partial charge in [0.25, 0.3) is 5.91 Å². The zero-order valence-corrected chi connectivity index (χ0v) is 18.2. The number of nitrogens with zero attached hydrogens (tertiary/aromatic N) is 1. The van der Waals surface area contributed by atoms with Gasteiger partial charge in [0.15, 0.2) is 0 Å². The second kappa shape index (κ2) is 9.80. The maximum Gasteiger partial charge on any atom is 0.339 e. The lowest BCUT2D eigenvalue weighted by molar-refractivity contribution is -0.116. The summed E-state index contributed by atoms with van der Waals surface area (Å²) in [5, 5.41) is 3.44. The number of amides is 2. The van der Waals surface area contributed by atoms with Crippen molar-refractivity contribution in [1.82, 2.24) is 9.88 Å². The van der Waals surface area contributed by atoms with Crippen LogP contribution in [0.5, 0.6) is 0 Å². The van der Waals surface area contributed by atoms with Crippen molar-refractivity contribution in [1.29, 1.82) is 0 Å². The zero-order chi connectivity index (χ0) is 21.7. The second-order valence-corrected chi connectivity index (χ2v) is 7.36. The summed E-state index contributed by atoms with van der Waals surface area (Å²) in [6, 6.07) is 4.73. The molecule has 9 heteroatoms. The van der Waals surface area contributed by atoms with Gasteiger partial charge in [-0.05, 0) is 44.0 Å². The number of nitrogens with one attached hydrogen (secondary N) is 2. The van der Waals surface area contributed by atoms with Crippen molar-refractivity contribution < 1.29 is 19.1 Å². The molecule has 1 aromatic carbocycles. The number of aryl methyl sites for hydroxylation is 1. The molecule has 2 aromatic rings. The first-order chi connectivity index (χ1) is 13.7. The molecule has 29 heavy (non-hydrogen) atoms. The minimum absolute atomic E-state index is 0.180. The van der Waals surface area contributed by atoms with Gasteiger partial charge in [-0.1, -0.05) is 30.1 Å². The normalized spacial score (nSPS) is 10.6. The van der Waals surface area contributed by atoms with Crippen LogP contribution in [0.3, 0.4) is 0 Å². The van der Waals surface area contributed by atoms with E-state index in [0.29, 0.717) is 45.5 Å². The third kappa shape index (κ3) is 5.31. The van der Waals surface area contributed by atoms with E-state index in [0.717, 1.165) is 0 Å². The number of hydrogen-bond acceptors (Lipinski definition) is 4. The van der Waals surface area contributed by atoms with Crippen molar-refractivity contribution in [3.63, 3.8) is 0 Å². The van der Waals surface area contributed by atoms with E-state index < -0.39 is 11.9 Å². The van der Waals surface area contributed by atoms with Crippen molar-refractivity contribution in [3.05, 3.63) is 50.8 Å². The van der Waals surface area contributed by atoms with Crippen LogP contribution in [0.2, 0.25) is 10.0 Å². The predicted molar refractivity (Wildman–Crippen MR) is 113 cm³/mol. The monoisotopic (exact) mass is 439 g/mol. The molecule has 156 valence electrons. The number of rotatable bonds is 7. The highest BCUT2D eigenvalue weighted by molar-refractivity contribution is 6.35. The molecule has 0 aliphatic heterocycles. The van der Waals surface area contributed by atoms with Gasteiger partial charge < -0.3 is 19.9 Å². The standard InChI is InChI=1S/C20H23Cl2N3O4/c1-5-8-25(10-16(26)24-15-9-13(21)6-7-14(15)22)19(27)18-11(2)17(12(3)23-18)20(28)29-4/h6-7,9,23H,5,8,10H2,1-4H3,(H,24,26). The van der Waals surface area contributed by atoms with E-state index in [1.54, 1.807) is 26.0 Å². The average Bonchev–Trinajstić information content (AvgIpc) is 2.97. The number of carbonyl (C=O) groups is 3. The number of methoxy groups -OCH3 is 1. The Bertz CT molecular complexity index is 940. The van der Waals surface area contributed by atoms with Gasteiger partial charge in [-0.3, -0.25) is 9.59 Å². The Hall–Kier alpha value is -2.51. The number of benzene rings is 1. The van der Waals surface area contributed by atoms with Crippen molar-refractivity contribution >= 4 is 46.7 Å². The number of carbonyl (C=O) groups excluding carboxylic acids is 3. The van der Waals surface area contributed by atoms with E-state index in [1.807, 2.05) is 6.92 Å². The summed E-state index contributed by atoms with van der Waals surface area (Å²) < 4.78 is 4.78. The van der Waals surface area contributed by atoms with Gasteiger partial charge in [0.1, 0.15) is 12.2 Å². The fourth-order valence-corrected chi connectivity index (χ4v) is 3.35. The molecule has 2 N–H and O–H groups in total. The number of hydrogen-bond donors (Lipinski definition) is 2. The van der Waals surface area contributed by atoms with Gasteiger partial charge in [0, 0.05) is 17.3 Å². The maximum atomic E-state index is 13.1. The summed E-state index contributed by atoms with van der Waals surface area (Å²) in [6.07, 6.45) is 0.652. The molecule has 0 unspecified atom stereocenters. The van der Waals surface area contributed by atoms with Crippen LogP contribution >= 0.6 is 23.2 Å². The molecule has 0 aliphatic carbocycles. The molecule has 0 radical (unpaired) electrons. The highest BCUT2D eigenvalue weighted by atomic mass is 35.5. The Labute approximate surface area is 179 Å². The highest BCUT2D eigenvalue weighted by Gasteiger charge is 2.26. The summed E-state index contributed by atoms with van der Waals surface area (Å²) in [6.45, 7) is 5.44. The zero-order valence-electron chi connectivity index (χ0n) is 16.7. The Morgan fingerprint density at radius 1 is 1.21 bits per heavy atom. The molecule has 0 fully saturated rings. The van der Waals surface area contributed by atoms with Crippen LogP contribution in [-0.4, -0.2) is 47.9 Å². The summed E-state index contributed by atoms with van der Waals surface area (Å²) in [4.78, 5) is 41.9. The Balaban J connectivity index is 2.23. The largest absolute Gasteiger partial charge is 0.465 e. The van der Waals surface area contributed by atoms with Gasteiger partial charge in [0.2, 0.25) is 5.91 Å². The summed E-state index contributed by atoms with van der Waals surface area (Å²) >= 11 is 12.0. The molecule has 2 rings (SSSR count). The Morgan fingerprint density at radius 2 is 1.90 bits per heavy atom. The van der Waals surface area contributed by atoms with Crippen LogP contribution in [-0.2, 0) is 9.53 Å². The highest BCUT2D eigenvalue weighted by Crippen LogP contribution is 2.25. The Morgan fingerprint density at radius 3 is 2.52 bits per heavy atom. The molecular weight excluding hydrogens is 417 g/mol. The number of aromatic nitrogens is 1. The van der Waals surface area contributed by atoms with Crippen LogP contribution in [0.1, 0.15) is 45.4 Å². The van der Waals surface area contributed by atoms with Crippen LogP contribution in [0.4, 0.5) is 5.69 Å². The van der Waals surface area contributed by atoms with Crippen molar-refractivity contribution in [2.75, 3.05) is 25.5 Å². The van der Waals surface area contributed by atoms with E-state index in [4.69, 9.17) is 27.9 Å². The first-order valence-corrected chi connectivity index (χ1v) is 9.76. The summed E-state index contributed by atoms with van der Waals surface area (Å²) in [5.74, 6) is -1.31. The SMILES string of the molecule is CCCN(CC(=O)Nc1cc(Cl)ccc1Cl)C(=O)c1[nH]c(C)c(C(=O)OC)c1C. The predicted octanol–water partition coefficient (Wildman–Crippen LogP) is 4.22. The van der Waals surface area contributed by atoms with Crippen LogP contribution in [0, 0.1) is 13.8 Å². The van der Waals surface area contributed by atoms with E-state index >= 15 is 0 Å². The summed E-state index contributed by atoms with van der Waals surface area (Å²) in [5.41, 5.74) is 1.96. The number of anilines is 1. The lowest BCUT2D eigenvalue weighted by Crippen LogP contribution is -2.39. The molecule has 0 bridgehead atoms. The van der Waals surface area contributed by atoms with Gasteiger partial charge >= 0.3 is 5.97 Å². The van der Waals surface area contributed by atoms with Crippen molar-refractivity contribution in [2.24, 2.45) is 0 Å². The third-order valence-corrected chi connectivity index (χ3v) is 4.92. The van der Waals surface area contributed by atoms with E-state index in [2.05, 4.69) is 10.3 Å². The van der Waals surface area contributed by atoms with Crippen molar-refractivity contribution in [2.45, 2.75) is 27.2 Å². The molecule has 0 saturated heterocycles. The smallest absolute Gasteiger partial charge is 0.339 e. The number of halogens is 2. The van der Waals surface area contributed by atoms with Gasteiger partial charge in [-0.15, -0.1) is 0 Å². The van der Waals surface area contributed by atoms with Gasteiger partial charge in [-0.2, -0.15) is 0 Å². The molecule has 2 amide bonds. The van der Waals surface area contributed by atoms with E-state index in [-0.39, 0.29) is 18.1 Å². The maximum absolute atomic E-state index is 13.1. The van der Waals surface area contributed by atoms with Gasteiger partial charge in [0.05, 0.1) is 23.4 Å². The minimum atomic E-state index is -0.523. The average molecular weight is 440 g/mol. The van der Waals surface area contributed by atoms with Crippen LogP contribution in [0.25, 0.3) is 0 Å². The van der Waals surface area contributed by atoms with Gasteiger partial charge in [-0.25, -0.2) is 4.79 Å². The lowest BCUT2D eigenvalue weighted by Gasteiger charge is -2.21. The quantitative estimate of drug-likeness (QED) is 0.631. The number of esters is 1. The van der Waals surface area contributed by atoms with Crippen LogP contribution in [0.15, 0.2) is 18.2 Å². The number of ether oxygens (including phenoxy) is 1. The number of aromatic amines is 1. The molecule has 0 atom stereocenters. The first-order valence-electron chi connectivity index (χ1n) is 9.01. The summed E-state index contributed by atoms with van der Waals surface area (Å²) in [7, 11) is 1.28. The molecule has 1 heterocycles. The molecule has 7 nitrogen and oxygen atoms in total. The fourth-order valence-electron chi connectivity index (χ4n) is 3.01. The fraction of sp³-hybridized carbons (Fsp3) is 0.350. The molecule has 1 aromatic heterocycles. The van der Waals surface area contributed by atoms with Crippen LogP contribution < -0.4 is 5.32 Å². The molecule has 0 saturated carbocycles. The molecule has 0 aliphatic rings. The van der Waals surface area contributed by atoms with E-state index in [1.165, 1.54) is 18.1 Å². The Kier molecular flexibility index (Phi) is 7.70. The van der Waals surface area contributed by atoms with Crippen molar-refractivity contribution in [3.8, 4) is 0 Å².